The van der Waals surface area contributed by atoms with E-state index in [-0.39, 0.29) is 15.5 Å². The van der Waals surface area contributed by atoms with E-state index in [9.17, 15) is 0 Å². The van der Waals surface area contributed by atoms with Gasteiger partial charge in [0.2, 0.25) is 0 Å². The molecule has 1 aliphatic heterocycles. The van der Waals surface area contributed by atoms with Gasteiger partial charge in [-0.25, -0.2) is 9.97 Å². The Hall–Kier alpha value is -0.430. The lowest BCUT2D eigenvalue weighted by atomic mass is 9.85. The van der Waals surface area contributed by atoms with E-state index in [0.29, 0.717) is 5.82 Å². The van der Waals surface area contributed by atoms with Crippen molar-refractivity contribution in [3.8, 4) is 0 Å². The smallest absolute Gasteiger partial charge is 0.132 e. The summed E-state index contributed by atoms with van der Waals surface area (Å²) in [6.45, 7) is 6.59. The average molecular weight is 318 g/mol. The largest absolute Gasteiger partial charge is 0.383 e. The van der Waals surface area contributed by atoms with E-state index in [1.54, 1.807) is 6.33 Å². The molecule has 0 radical (unpaired) electrons. The van der Waals surface area contributed by atoms with Gasteiger partial charge in [-0.15, -0.1) is 0 Å². The quantitative estimate of drug-likeness (QED) is 0.437. The number of halogens is 1. The maximum atomic E-state index is 5.87. The van der Waals surface area contributed by atoms with Gasteiger partial charge < -0.3 is 5.73 Å². The topological polar surface area (TPSA) is 63.8 Å². The Balaban J connectivity index is 2.52. The van der Waals surface area contributed by atoms with Gasteiger partial charge in [0, 0.05) is 5.56 Å². The standard InChI is InChI=1S/C10H15IN4/c1-10(2,3)7-6-5(8(11)15-7)9(12)14-4-13-6/h4,7-8,15H,1-3H3,(H2,12,13,14). The molecule has 3 N–H and O–H groups in total. The fourth-order valence-corrected chi connectivity index (χ4v) is 2.88. The molecule has 15 heavy (non-hydrogen) atoms. The van der Waals surface area contributed by atoms with E-state index in [1.807, 2.05) is 0 Å². The van der Waals surface area contributed by atoms with Crippen LogP contribution in [0.25, 0.3) is 0 Å². The van der Waals surface area contributed by atoms with Crippen LogP contribution in [0.3, 0.4) is 0 Å². The molecular formula is C10H15IN4. The van der Waals surface area contributed by atoms with E-state index in [1.165, 1.54) is 0 Å². The van der Waals surface area contributed by atoms with Crippen molar-refractivity contribution >= 4 is 28.4 Å². The van der Waals surface area contributed by atoms with Crippen molar-refractivity contribution < 1.29 is 0 Å². The molecule has 0 aromatic carbocycles. The minimum Gasteiger partial charge on any atom is -0.383 e. The zero-order valence-corrected chi connectivity index (χ0v) is 11.2. The normalized spacial score (nSPS) is 25.3. The maximum absolute atomic E-state index is 5.87. The van der Waals surface area contributed by atoms with Crippen molar-refractivity contribution in [2.24, 2.45) is 5.41 Å². The second-order valence-electron chi connectivity index (χ2n) is 4.89. The Kier molecular flexibility index (Phi) is 2.62. The van der Waals surface area contributed by atoms with E-state index in [4.69, 9.17) is 5.73 Å². The third-order valence-electron chi connectivity index (χ3n) is 2.65. The molecule has 2 atom stereocenters. The molecule has 0 spiro atoms. The van der Waals surface area contributed by atoms with E-state index >= 15 is 0 Å². The molecule has 82 valence electrons. The molecule has 0 saturated carbocycles. The Bertz CT molecular complexity index is 385. The van der Waals surface area contributed by atoms with Gasteiger partial charge in [0.1, 0.15) is 12.1 Å². The summed E-state index contributed by atoms with van der Waals surface area (Å²) in [5, 5.41) is 3.50. The molecule has 0 amide bonds. The van der Waals surface area contributed by atoms with Crippen LogP contribution in [0.5, 0.6) is 0 Å². The van der Waals surface area contributed by atoms with Crippen LogP contribution in [0.2, 0.25) is 0 Å². The fraction of sp³-hybridized carbons (Fsp3) is 0.600. The van der Waals surface area contributed by atoms with Gasteiger partial charge in [-0.05, 0) is 5.41 Å². The van der Waals surface area contributed by atoms with Crippen LogP contribution in [0.1, 0.15) is 42.1 Å². The SMILES string of the molecule is CC(C)(C)C1NC(I)c2c(N)ncnc21. The summed E-state index contributed by atoms with van der Waals surface area (Å²) in [5.74, 6) is 0.596. The van der Waals surface area contributed by atoms with Crippen LogP contribution in [0, 0.1) is 5.41 Å². The number of nitrogen functional groups attached to an aromatic ring is 1. The van der Waals surface area contributed by atoms with Gasteiger partial charge in [0.05, 0.1) is 15.8 Å². The van der Waals surface area contributed by atoms with Crippen molar-refractivity contribution in [2.45, 2.75) is 30.9 Å². The number of nitrogens with one attached hydrogen (secondary N) is 1. The third kappa shape index (κ3) is 1.82. The maximum Gasteiger partial charge on any atom is 0.132 e. The minimum absolute atomic E-state index is 0.134. The highest BCUT2D eigenvalue weighted by Crippen LogP contribution is 2.45. The van der Waals surface area contributed by atoms with E-state index in [0.717, 1.165) is 11.3 Å². The summed E-state index contributed by atoms with van der Waals surface area (Å²) in [5.41, 5.74) is 8.11. The lowest BCUT2D eigenvalue weighted by Gasteiger charge is -2.27. The Morgan fingerprint density at radius 3 is 2.67 bits per heavy atom. The number of aromatic nitrogens is 2. The van der Waals surface area contributed by atoms with Crippen LogP contribution in [-0.4, -0.2) is 9.97 Å². The van der Waals surface area contributed by atoms with Gasteiger partial charge in [-0.1, -0.05) is 43.4 Å². The summed E-state index contributed by atoms with van der Waals surface area (Å²) in [6.07, 6.45) is 1.54. The van der Waals surface area contributed by atoms with Crippen molar-refractivity contribution in [1.82, 2.24) is 15.3 Å². The lowest BCUT2D eigenvalue weighted by Crippen LogP contribution is -2.27. The molecule has 1 aromatic rings. The molecule has 1 aliphatic rings. The summed E-state index contributed by atoms with van der Waals surface area (Å²) < 4.78 is 0.211. The summed E-state index contributed by atoms with van der Waals surface area (Å²) in [6, 6.07) is 0.250. The minimum atomic E-state index is 0.134. The Morgan fingerprint density at radius 2 is 2.07 bits per heavy atom. The first-order valence-corrected chi connectivity index (χ1v) is 6.16. The zero-order valence-electron chi connectivity index (χ0n) is 9.08. The molecule has 5 heteroatoms. The average Bonchev–Trinajstić information content (AvgIpc) is 2.44. The Labute approximate surface area is 103 Å². The number of rotatable bonds is 0. The van der Waals surface area contributed by atoms with Gasteiger partial charge in [0.15, 0.2) is 0 Å². The second-order valence-corrected chi connectivity index (χ2v) is 6.13. The number of nitrogens with two attached hydrogens (primary N) is 1. The molecule has 0 saturated heterocycles. The van der Waals surface area contributed by atoms with Crippen molar-refractivity contribution in [1.29, 1.82) is 0 Å². The predicted molar refractivity (Wildman–Crippen MR) is 68.5 cm³/mol. The molecule has 0 aliphatic carbocycles. The van der Waals surface area contributed by atoms with Crippen LogP contribution < -0.4 is 11.1 Å². The second kappa shape index (κ2) is 3.55. The van der Waals surface area contributed by atoms with Crippen LogP contribution >= 0.6 is 22.6 Å². The van der Waals surface area contributed by atoms with Crippen LogP contribution in [0.4, 0.5) is 5.82 Å². The first-order valence-electron chi connectivity index (χ1n) is 4.91. The highest BCUT2D eigenvalue weighted by molar-refractivity contribution is 14.1. The first kappa shape index (κ1) is 11.1. The number of anilines is 1. The molecule has 2 heterocycles. The van der Waals surface area contributed by atoms with E-state index < -0.39 is 0 Å². The zero-order chi connectivity index (χ0) is 11.2. The predicted octanol–water partition coefficient (Wildman–Crippen LogP) is 2.18. The van der Waals surface area contributed by atoms with E-state index in [2.05, 4.69) is 58.6 Å². The number of alkyl halides is 1. The van der Waals surface area contributed by atoms with Crippen LogP contribution in [-0.2, 0) is 0 Å². The van der Waals surface area contributed by atoms with Crippen molar-refractivity contribution in [3.63, 3.8) is 0 Å². The van der Waals surface area contributed by atoms with Gasteiger partial charge in [-0.3, -0.25) is 5.32 Å². The van der Waals surface area contributed by atoms with Crippen LogP contribution in [0.15, 0.2) is 6.33 Å². The lowest BCUT2D eigenvalue weighted by molar-refractivity contribution is 0.284. The van der Waals surface area contributed by atoms with Crippen molar-refractivity contribution in [3.05, 3.63) is 17.6 Å². The molecule has 1 aromatic heterocycles. The number of fused-ring (bicyclic) bond motifs is 1. The van der Waals surface area contributed by atoms with Gasteiger partial charge in [-0.2, -0.15) is 0 Å². The summed E-state index contributed by atoms with van der Waals surface area (Å²) in [4.78, 5) is 8.40. The first-order chi connectivity index (χ1) is 6.91. The monoisotopic (exact) mass is 318 g/mol. The molecule has 0 fully saturated rings. The molecule has 2 rings (SSSR count). The third-order valence-corrected chi connectivity index (χ3v) is 3.63. The Morgan fingerprint density at radius 1 is 1.40 bits per heavy atom. The fourth-order valence-electron chi connectivity index (χ4n) is 1.88. The van der Waals surface area contributed by atoms with Gasteiger partial charge in [0.25, 0.3) is 0 Å². The number of hydrogen-bond acceptors (Lipinski definition) is 4. The molecular weight excluding hydrogens is 303 g/mol. The summed E-state index contributed by atoms with van der Waals surface area (Å²) >= 11 is 2.33. The number of nitrogens with zero attached hydrogens (tertiary/aromatic N) is 2. The number of hydrogen-bond donors (Lipinski definition) is 2. The van der Waals surface area contributed by atoms with Gasteiger partial charge >= 0.3 is 0 Å². The van der Waals surface area contributed by atoms with Crippen molar-refractivity contribution in [2.75, 3.05) is 5.73 Å². The summed E-state index contributed by atoms with van der Waals surface area (Å²) in [7, 11) is 0. The highest BCUT2D eigenvalue weighted by Gasteiger charge is 2.38. The highest BCUT2D eigenvalue weighted by atomic mass is 127. The molecule has 4 nitrogen and oxygen atoms in total. The molecule has 0 bridgehead atoms. The molecule has 2 unspecified atom stereocenters.